The summed E-state index contributed by atoms with van der Waals surface area (Å²) in [5.74, 6) is 0.141. The molecule has 0 saturated carbocycles. The predicted molar refractivity (Wildman–Crippen MR) is 69.8 cm³/mol. The van der Waals surface area contributed by atoms with E-state index in [1.807, 2.05) is 31.2 Å². The van der Waals surface area contributed by atoms with Gasteiger partial charge in [0.2, 0.25) is 10.0 Å². The molecule has 0 radical (unpaired) electrons. The van der Waals surface area contributed by atoms with E-state index in [0.717, 1.165) is 17.7 Å². The summed E-state index contributed by atoms with van der Waals surface area (Å²) in [6.45, 7) is 2.44. The SMILES string of the molecule is CNCCS(=O)(=O)N1c2ccccc2CC1C. The summed E-state index contributed by atoms with van der Waals surface area (Å²) in [5.41, 5.74) is 1.96. The largest absolute Gasteiger partial charge is 0.319 e. The van der Waals surface area contributed by atoms with Crippen LogP contribution in [0.3, 0.4) is 0 Å². The number of sulfonamides is 1. The minimum Gasteiger partial charge on any atom is -0.319 e. The molecule has 0 fully saturated rings. The molecule has 94 valence electrons. The van der Waals surface area contributed by atoms with E-state index in [0.29, 0.717) is 6.54 Å². The fourth-order valence-corrected chi connectivity index (χ4v) is 4.05. The smallest absolute Gasteiger partial charge is 0.236 e. The summed E-state index contributed by atoms with van der Waals surface area (Å²) < 4.78 is 26.1. The van der Waals surface area contributed by atoms with Crippen LogP contribution in [0.5, 0.6) is 0 Å². The summed E-state index contributed by atoms with van der Waals surface area (Å²) in [4.78, 5) is 0. The van der Waals surface area contributed by atoms with Crippen LogP contribution in [0, 0.1) is 0 Å². The van der Waals surface area contributed by atoms with Crippen molar-refractivity contribution >= 4 is 15.7 Å². The van der Waals surface area contributed by atoms with Crippen LogP contribution in [0.4, 0.5) is 5.69 Å². The molecule has 0 spiro atoms. The Balaban J connectivity index is 2.33. The number of rotatable bonds is 4. The zero-order chi connectivity index (χ0) is 12.5. The third-order valence-corrected chi connectivity index (χ3v) is 4.93. The van der Waals surface area contributed by atoms with Gasteiger partial charge in [-0.2, -0.15) is 0 Å². The van der Waals surface area contributed by atoms with E-state index >= 15 is 0 Å². The van der Waals surface area contributed by atoms with Crippen molar-refractivity contribution in [1.29, 1.82) is 0 Å². The number of para-hydroxylation sites is 1. The molecule has 17 heavy (non-hydrogen) atoms. The molecule has 0 aliphatic carbocycles. The maximum atomic E-state index is 12.3. The quantitative estimate of drug-likeness (QED) is 0.871. The van der Waals surface area contributed by atoms with E-state index in [-0.39, 0.29) is 11.8 Å². The van der Waals surface area contributed by atoms with Crippen molar-refractivity contribution in [2.24, 2.45) is 0 Å². The molecule has 2 rings (SSSR count). The van der Waals surface area contributed by atoms with Crippen LogP contribution in [0.1, 0.15) is 12.5 Å². The molecule has 1 unspecified atom stereocenters. The first kappa shape index (κ1) is 12.4. The zero-order valence-corrected chi connectivity index (χ0v) is 11.0. The van der Waals surface area contributed by atoms with E-state index in [2.05, 4.69) is 5.32 Å². The number of fused-ring (bicyclic) bond motifs is 1. The monoisotopic (exact) mass is 254 g/mol. The van der Waals surface area contributed by atoms with Gasteiger partial charge in [0.15, 0.2) is 0 Å². The van der Waals surface area contributed by atoms with Crippen LogP contribution in [-0.4, -0.2) is 33.8 Å². The number of hydrogen-bond acceptors (Lipinski definition) is 3. The summed E-state index contributed by atoms with van der Waals surface area (Å²) >= 11 is 0. The first-order valence-corrected chi connectivity index (χ1v) is 7.42. The molecule has 1 N–H and O–H groups in total. The van der Waals surface area contributed by atoms with Crippen molar-refractivity contribution < 1.29 is 8.42 Å². The maximum absolute atomic E-state index is 12.3. The molecule has 1 aromatic rings. The Morgan fingerprint density at radius 1 is 1.41 bits per heavy atom. The van der Waals surface area contributed by atoms with Crippen molar-refractivity contribution in [3.05, 3.63) is 29.8 Å². The van der Waals surface area contributed by atoms with Gasteiger partial charge in [-0.15, -0.1) is 0 Å². The number of nitrogens with one attached hydrogen (secondary N) is 1. The van der Waals surface area contributed by atoms with Gasteiger partial charge < -0.3 is 5.32 Å². The molecule has 1 aromatic carbocycles. The standard InChI is InChI=1S/C12H18N2O2S/c1-10-9-11-5-3-4-6-12(11)14(10)17(15,16)8-7-13-2/h3-6,10,13H,7-9H2,1-2H3. The van der Waals surface area contributed by atoms with Crippen LogP contribution in [0.25, 0.3) is 0 Å². The second-order valence-electron chi connectivity index (χ2n) is 4.40. The Morgan fingerprint density at radius 2 is 2.12 bits per heavy atom. The van der Waals surface area contributed by atoms with E-state index in [4.69, 9.17) is 0 Å². The van der Waals surface area contributed by atoms with Gasteiger partial charge in [-0.05, 0) is 32.0 Å². The van der Waals surface area contributed by atoms with Gasteiger partial charge in [0.05, 0.1) is 11.4 Å². The molecule has 1 heterocycles. The highest BCUT2D eigenvalue weighted by Gasteiger charge is 2.33. The molecular formula is C12H18N2O2S. The van der Waals surface area contributed by atoms with Crippen LogP contribution < -0.4 is 9.62 Å². The summed E-state index contributed by atoms with van der Waals surface area (Å²) in [5, 5.41) is 2.88. The van der Waals surface area contributed by atoms with Crippen molar-refractivity contribution in [3.63, 3.8) is 0 Å². The fraction of sp³-hybridized carbons (Fsp3) is 0.500. The van der Waals surface area contributed by atoms with Gasteiger partial charge >= 0.3 is 0 Å². The third kappa shape index (κ3) is 2.30. The number of nitrogens with zero attached hydrogens (tertiary/aromatic N) is 1. The number of anilines is 1. The van der Waals surface area contributed by atoms with E-state index < -0.39 is 10.0 Å². The Kier molecular flexibility index (Phi) is 3.40. The zero-order valence-electron chi connectivity index (χ0n) is 10.2. The van der Waals surface area contributed by atoms with Crippen molar-refractivity contribution in [2.45, 2.75) is 19.4 Å². The maximum Gasteiger partial charge on any atom is 0.236 e. The van der Waals surface area contributed by atoms with E-state index in [1.54, 1.807) is 11.4 Å². The second kappa shape index (κ2) is 4.66. The molecular weight excluding hydrogens is 236 g/mol. The minimum atomic E-state index is -3.21. The topological polar surface area (TPSA) is 49.4 Å². The van der Waals surface area contributed by atoms with Gasteiger partial charge in [-0.25, -0.2) is 8.42 Å². The molecule has 0 bridgehead atoms. The molecule has 0 aromatic heterocycles. The number of hydrogen-bond donors (Lipinski definition) is 1. The van der Waals surface area contributed by atoms with Gasteiger partial charge in [-0.3, -0.25) is 4.31 Å². The fourth-order valence-electron chi connectivity index (χ4n) is 2.29. The van der Waals surface area contributed by atoms with Crippen molar-refractivity contribution in [1.82, 2.24) is 5.32 Å². The summed E-state index contributed by atoms with van der Waals surface area (Å²) in [6.07, 6.45) is 0.801. The average Bonchev–Trinajstić information content (AvgIpc) is 2.63. The van der Waals surface area contributed by atoms with Gasteiger partial charge in [-0.1, -0.05) is 18.2 Å². The third-order valence-electron chi connectivity index (χ3n) is 3.05. The molecule has 1 aliphatic rings. The summed E-state index contributed by atoms with van der Waals surface area (Å²) in [6, 6.07) is 7.75. The lowest BCUT2D eigenvalue weighted by molar-refractivity contribution is 0.582. The van der Waals surface area contributed by atoms with Crippen LogP contribution in [0.15, 0.2) is 24.3 Å². The Bertz CT molecular complexity index is 499. The lowest BCUT2D eigenvalue weighted by atomic mass is 10.1. The lowest BCUT2D eigenvalue weighted by Gasteiger charge is -2.24. The molecule has 5 heteroatoms. The van der Waals surface area contributed by atoms with Gasteiger partial charge in [0.1, 0.15) is 0 Å². The molecule has 1 aliphatic heterocycles. The molecule has 4 nitrogen and oxygen atoms in total. The lowest BCUT2D eigenvalue weighted by Crippen LogP contribution is -2.39. The highest BCUT2D eigenvalue weighted by atomic mass is 32.2. The highest BCUT2D eigenvalue weighted by molar-refractivity contribution is 7.92. The van der Waals surface area contributed by atoms with Crippen LogP contribution in [0.2, 0.25) is 0 Å². The van der Waals surface area contributed by atoms with Crippen LogP contribution >= 0.6 is 0 Å². The second-order valence-corrected chi connectivity index (χ2v) is 6.36. The van der Waals surface area contributed by atoms with Gasteiger partial charge in [0, 0.05) is 12.6 Å². The first-order valence-electron chi connectivity index (χ1n) is 5.81. The molecule has 1 atom stereocenters. The number of benzene rings is 1. The van der Waals surface area contributed by atoms with Crippen LogP contribution in [-0.2, 0) is 16.4 Å². The van der Waals surface area contributed by atoms with E-state index in [1.165, 1.54) is 0 Å². The highest BCUT2D eigenvalue weighted by Crippen LogP contribution is 2.34. The molecule has 0 saturated heterocycles. The summed E-state index contributed by atoms with van der Waals surface area (Å²) in [7, 11) is -1.45. The predicted octanol–water partition coefficient (Wildman–Crippen LogP) is 0.987. The Labute approximate surface area is 103 Å². The van der Waals surface area contributed by atoms with Crippen molar-refractivity contribution in [2.75, 3.05) is 23.7 Å². The average molecular weight is 254 g/mol. The Hall–Kier alpha value is -1.07. The molecule has 0 amide bonds. The Morgan fingerprint density at radius 3 is 2.82 bits per heavy atom. The normalized spacial score (nSPS) is 19.4. The first-order chi connectivity index (χ1) is 8.06. The van der Waals surface area contributed by atoms with E-state index in [9.17, 15) is 8.42 Å². The van der Waals surface area contributed by atoms with Gasteiger partial charge in [0.25, 0.3) is 0 Å². The van der Waals surface area contributed by atoms with Crippen molar-refractivity contribution in [3.8, 4) is 0 Å². The minimum absolute atomic E-state index is 0.0225.